The summed E-state index contributed by atoms with van der Waals surface area (Å²) in [5.74, 6) is 1.53. The van der Waals surface area contributed by atoms with E-state index in [4.69, 9.17) is 13.6 Å². The number of aromatic nitrogens is 3. The monoisotopic (exact) mass is 349 g/mol. The predicted molar refractivity (Wildman–Crippen MR) is 92.3 cm³/mol. The second-order valence-corrected chi connectivity index (χ2v) is 5.77. The molecule has 0 bridgehead atoms. The summed E-state index contributed by atoms with van der Waals surface area (Å²) in [5.41, 5.74) is 1.65. The molecule has 4 rings (SSSR count). The van der Waals surface area contributed by atoms with Crippen LogP contribution in [0.2, 0.25) is 0 Å². The number of pyridine rings is 1. The maximum atomic E-state index is 12.7. The fourth-order valence-electron chi connectivity index (χ4n) is 2.64. The summed E-state index contributed by atoms with van der Waals surface area (Å²) in [6, 6.07) is 12.7. The maximum Gasteiger partial charge on any atom is 0.339 e. The van der Waals surface area contributed by atoms with Crippen LogP contribution in [0, 0.1) is 13.8 Å². The SMILES string of the molecule is Cc1ccc(-c2cc(C(=O)OCc3nnc(C)o3)c3ccccc3n2)o1. The zero-order valence-corrected chi connectivity index (χ0v) is 14.2. The molecule has 0 radical (unpaired) electrons. The molecule has 0 unspecified atom stereocenters. The number of ether oxygens (including phenoxy) is 1. The van der Waals surface area contributed by atoms with Gasteiger partial charge in [0.1, 0.15) is 11.5 Å². The first-order chi connectivity index (χ1) is 12.6. The predicted octanol–water partition coefficient (Wildman–Crippen LogP) is 3.85. The highest BCUT2D eigenvalue weighted by Gasteiger charge is 2.17. The zero-order chi connectivity index (χ0) is 18.1. The van der Waals surface area contributed by atoms with Crippen LogP contribution in [0.3, 0.4) is 0 Å². The second kappa shape index (κ2) is 6.44. The molecule has 0 fully saturated rings. The fourth-order valence-corrected chi connectivity index (χ4v) is 2.64. The van der Waals surface area contributed by atoms with Gasteiger partial charge in [0.15, 0.2) is 12.4 Å². The van der Waals surface area contributed by atoms with Crippen molar-refractivity contribution in [1.29, 1.82) is 0 Å². The Balaban J connectivity index is 1.71. The minimum absolute atomic E-state index is 0.0917. The highest BCUT2D eigenvalue weighted by atomic mass is 16.5. The average molecular weight is 349 g/mol. The number of rotatable bonds is 4. The van der Waals surface area contributed by atoms with Gasteiger partial charge in [-0.25, -0.2) is 9.78 Å². The lowest BCUT2D eigenvalue weighted by Crippen LogP contribution is -2.07. The summed E-state index contributed by atoms with van der Waals surface area (Å²) < 4.78 is 16.2. The van der Waals surface area contributed by atoms with E-state index < -0.39 is 5.97 Å². The molecule has 0 N–H and O–H groups in total. The van der Waals surface area contributed by atoms with Crippen LogP contribution >= 0.6 is 0 Å². The first-order valence-electron chi connectivity index (χ1n) is 8.03. The van der Waals surface area contributed by atoms with Crippen molar-refractivity contribution in [2.75, 3.05) is 0 Å². The van der Waals surface area contributed by atoms with E-state index in [1.807, 2.05) is 43.3 Å². The van der Waals surface area contributed by atoms with Crippen molar-refractivity contribution in [3.05, 3.63) is 65.6 Å². The molecule has 0 spiro atoms. The Morgan fingerprint density at radius 2 is 1.92 bits per heavy atom. The molecule has 0 aliphatic rings. The van der Waals surface area contributed by atoms with Crippen molar-refractivity contribution < 1.29 is 18.4 Å². The highest BCUT2D eigenvalue weighted by Crippen LogP contribution is 2.26. The van der Waals surface area contributed by atoms with Crippen molar-refractivity contribution in [2.24, 2.45) is 0 Å². The molecule has 1 aromatic carbocycles. The number of benzene rings is 1. The van der Waals surface area contributed by atoms with Crippen molar-refractivity contribution in [2.45, 2.75) is 20.5 Å². The van der Waals surface area contributed by atoms with E-state index in [1.165, 1.54) is 0 Å². The number of furan rings is 1. The van der Waals surface area contributed by atoms with Crippen LogP contribution in [0.4, 0.5) is 0 Å². The summed E-state index contributed by atoms with van der Waals surface area (Å²) in [5, 5.41) is 8.23. The smallest absolute Gasteiger partial charge is 0.339 e. The van der Waals surface area contributed by atoms with Crippen LogP contribution in [-0.4, -0.2) is 21.2 Å². The lowest BCUT2D eigenvalue weighted by atomic mass is 10.1. The molecule has 0 aliphatic heterocycles. The van der Waals surface area contributed by atoms with Gasteiger partial charge in [-0.3, -0.25) is 0 Å². The third-order valence-corrected chi connectivity index (χ3v) is 3.82. The van der Waals surface area contributed by atoms with E-state index in [2.05, 4.69) is 15.2 Å². The number of carbonyl (C=O) groups excluding carboxylic acids is 1. The van der Waals surface area contributed by atoms with Gasteiger partial charge in [0.25, 0.3) is 5.89 Å². The summed E-state index contributed by atoms with van der Waals surface area (Å²) in [4.78, 5) is 17.2. The van der Waals surface area contributed by atoms with Crippen LogP contribution in [0.15, 0.2) is 51.3 Å². The summed E-state index contributed by atoms with van der Waals surface area (Å²) >= 11 is 0. The first kappa shape index (κ1) is 16.0. The standard InChI is InChI=1S/C19H15N3O4/c1-11-7-8-17(25-11)16-9-14(13-5-3-4-6-15(13)20-16)19(23)24-10-18-22-21-12(2)26-18/h3-9H,10H2,1-2H3. The molecule has 7 nitrogen and oxygen atoms in total. The molecule has 0 amide bonds. The number of aryl methyl sites for hydroxylation is 2. The Bertz CT molecular complexity index is 1100. The third-order valence-electron chi connectivity index (χ3n) is 3.82. The molecule has 3 aromatic heterocycles. The molecule has 26 heavy (non-hydrogen) atoms. The van der Waals surface area contributed by atoms with Crippen LogP contribution in [0.5, 0.6) is 0 Å². The van der Waals surface area contributed by atoms with Crippen molar-refractivity contribution in [3.63, 3.8) is 0 Å². The number of hydrogen-bond donors (Lipinski definition) is 0. The number of esters is 1. The van der Waals surface area contributed by atoms with Crippen LogP contribution < -0.4 is 0 Å². The summed E-state index contributed by atoms with van der Waals surface area (Å²) in [6.45, 7) is 3.43. The minimum Gasteiger partial charge on any atom is -0.460 e. The lowest BCUT2D eigenvalue weighted by molar-refractivity contribution is 0.0439. The Morgan fingerprint density at radius 3 is 2.65 bits per heavy atom. The van der Waals surface area contributed by atoms with E-state index in [1.54, 1.807) is 13.0 Å². The third kappa shape index (κ3) is 3.06. The molecule has 3 heterocycles. The van der Waals surface area contributed by atoms with Crippen LogP contribution in [0.1, 0.15) is 27.9 Å². The van der Waals surface area contributed by atoms with E-state index in [0.717, 1.165) is 5.76 Å². The normalized spacial score (nSPS) is 11.0. The summed E-state index contributed by atoms with van der Waals surface area (Å²) in [6.07, 6.45) is 0. The highest BCUT2D eigenvalue weighted by molar-refractivity contribution is 6.04. The van der Waals surface area contributed by atoms with Crippen molar-refractivity contribution >= 4 is 16.9 Å². The molecule has 0 saturated carbocycles. The molecule has 130 valence electrons. The lowest BCUT2D eigenvalue weighted by Gasteiger charge is -2.08. The van der Waals surface area contributed by atoms with E-state index in [-0.39, 0.29) is 12.5 Å². The number of fused-ring (bicyclic) bond motifs is 1. The van der Waals surface area contributed by atoms with E-state index >= 15 is 0 Å². The van der Waals surface area contributed by atoms with E-state index in [9.17, 15) is 4.79 Å². The quantitative estimate of drug-likeness (QED) is 0.517. The van der Waals surface area contributed by atoms with Gasteiger partial charge in [-0.15, -0.1) is 10.2 Å². The van der Waals surface area contributed by atoms with E-state index in [0.29, 0.717) is 33.8 Å². The Kier molecular flexibility index (Phi) is 3.96. The molecular formula is C19H15N3O4. The fraction of sp³-hybridized carbons (Fsp3) is 0.158. The summed E-state index contributed by atoms with van der Waals surface area (Å²) in [7, 11) is 0. The maximum absolute atomic E-state index is 12.7. The van der Waals surface area contributed by atoms with Crippen molar-refractivity contribution in [3.8, 4) is 11.5 Å². The minimum atomic E-state index is -0.496. The molecular weight excluding hydrogens is 334 g/mol. The Morgan fingerprint density at radius 1 is 1.08 bits per heavy atom. The Labute approximate surface area is 148 Å². The van der Waals surface area contributed by atoms with Gasteiger partial charge >= 0.3 is 5.97 Å². The van der Waals surface area contributed by atoms with Gasteiger partial charge in [0.2, 0.25) is 5.89 Å². The van der Waals surface area contributed by atoms with Gasteiger partial charge < -0.3 is 13.6 Å². The molecule has 4 aromatic rings. The molecule has 0 aliphatic carbocycles. The van der Waals surface area contributed by atoms with Gasteiger partial charge in [0, 0.05) is 12.3 Å². The number of para-hydroxylation sites is 1. The Hall–Kier alpha value is -3.48. The zero-order valence-electron chi connectivity index (χ0n) is 14.2. The molecule has 7 heteroatoms. The number of hydrogen-bond acceptors (Lipinski definition) is 7. The topological polar surface area (TPSA) is 91.2 Å². The first-order valence-corrected chi connectivity index (χ1v) is 8.03. The largest absolute Gasteiger partial charge is 0.460 e. The van der Waals surface area contributed by atoms with Gasteiger partial charge in [0.05, 0.1) is 11.1 Å². The van der Waals surface area contributed by atoms with Crippen LogP contribution in [-0.2, 0) is 11.3 Å². The van der Waals surface area contributed by atoms with Gasteiger partial charge in [-0.05, 0) is 31.2 Å². The molecule has 0 saturated heterocycles. The second-order valence-electron chi connectivity index (χ2n) is 5.77. The van der Waals surface area contributed by atoms with Gasteiger partial charge in [-0.2, -0.15) is 0 Å². The number of nitrogens with zero attached hydrogens (tertiary/aromatic N) is 3. The van der Waals surface area contributed by atoms with Crippen molar-refractivity contribution in [1.82, 2.24) is 15.2 Å². The average Bonchev–Trinajstić information content (AvgIpc) is 3.27. The van der Waals surface area contributed by atoms with Gasteiger partial charge in [-0.1, -0.05) is 18.2 Å². The molecule has 0 atom stereocenters. The van der Waals surface area contributed by atoms with Crippen LogP contribution in [0.25, 0.3) is 22.4 Å². The number of carbonyl (C=O) groups is 1.